The normalized spacial score (nSPS) is 15.1. The van der Waals surface area contributed by atoms with Crippen LogP contribution in [0, 0.1) is 5.92 Å². The Morgan fingerprint density at radius 3 is 2.24 bits per heavy atom. The fraction of sp³-hybridized carbons (Fsp3) is 0.192. The molecule has 1 aliphatic rings. The number of benzene rings is 3. The van der Waals surface area contributed by atoms with E-state index >= 15 is 0 Å². The predicted molar refractivity (Wildman–Crippen MR) is 126 cm³/mol. The topological polar surface area (TPSA) is 94.2 Å². The van der Waals surface area contributed by atoms with Crippen molar-refractivity contribution >= 4 is 29.2 Å². The molecule has 1 N–H and O–H groups in total. The highest BCUT2D eigenvalue weighted by molar-refractivity contribution is 6.06. The van der Waals surface area contributed by atoms with Crippen LogP contribution in [0.25, 0.3) is 0 Å². The molecule has 0 aliphatic carbocycles. The molecule has 1 aliphatic heterocycles. The highest BCUT2D eigenvalue weighted by Gasteiger charge is 2.36. The molecule has 1 fully saturated rings. The maximum atomic E-state index is 12.7. The molecule has 8 heteroatoms. The quantitative estimate of drug-likeness (QED) is 0.424. The van der Waals surface area contributed by atoms with Gasteiger partial charge in [-0.3, -0.25) is 14.4 Å². The number of nitrogens with zero attached hydrogens (tertiary/aromatic N) is 1. The largest absolute Gasteiger partial charge is 0.497 e. The molecule has 3 aromatic rings. The van der Waals surface area contributed by atoms with Crippen LogP contribution in [0.15, 0.2) is 72.8 Å². The van der Waals surface area contributed by atoms with Gasteiger partial charge in [-0.25, -0.2) is 0 Å². The van der Waals surface area contributed by atoms with Crippen LogP contribution in [0.2, 0.25) is 0 Å². The lowest BCUT2D eigenvalue weighted by atomic mass is 10.1. The van der Waals surface area contributed by atoms with Gasteiger partial charge in [0.15, 0.2) is 0 Å². The molecule has 174 valence electrons. The Morgan fingerprint density at radius 1 is 0.882 bits per heavy atom. The number of anilines is 2. The molecule has 0 saturated carbocycles. The standard InChI is InChI=1S/C26H24N2O6/c1-32-20-13-9-19(10-14-20)28-16-17(15-24(28)29)26(31)34-21-11-7-18(8-12-21)27-25(30)22-5-3-4-6-23(22)33-2/h3-14,17H,15-16H2,1-2H3,(H,27,30). The fourth-order valence-electron chi connectivity index (χ4n) is 3.71. The molecule has 8 nitrogen and oxygen atoms in total. The van der Waals surface area contributed by atoms with Gasteiger partial charge in [-0.2, -0.15) is 0 Å². The number of carbonyl (C=O) groups is 3. The van der Waals surface area contributed by atoms with E-state index in [1.807, 2.05) is 0 Å². The number of esters is 1. The summed E-state index contributed by atoms with van der Waals surface area (Å²) in [6.45, 7) is 0.247. The van der Waals surface area contributed by atoms with Gasteiger partial charge in [0.05, 0.1) is 25.7 Å². The lowest BCUT2D eigenvalue weighted by Crippen LogP contribution is -2.27. The highest BCUT2D eigenvalue weighted by Crippen LogP contribution is 2.28. The first-order chi connectivity index (χ1) is 16.5. The number of carbonyl (C=O) groups excluding carboxylic acids is 3. The van der Waals surface area contributed by atoms with E-state index in [4.69, 9.17) is 14.2 Å². The van der Waals surface area contributed by atoms with Gasteiger partial charge in [0.1, 0.15) is 17.2 Å². The third-order valence-electron chi connectivity index (χ3n) is 5.52. The molecular weight excluding hydrogens is 436 g/mol. The van der Waals surface area contributed by atoms with Gasteiger partial charge < -0.3 is 24.4 Å². The fourth-order valence-corrected chi connectivity index (χ4v) is 3.71. The molecule has 34 heavy (non-hydrogen) atoms. The van der Waals surface area contributed by atoms with E-state index in [1.165, 1.54) is 7.11 Å². The maximum absolute atomic E-state index is 12.7. The van der Waals surface area contributed by atoms with Gasteiger partial charge in [-0.1, -0.05) is 12.1 Å². The van der Waals surface area contributed by atoms with E-state index < -0.39 is 11.9 Å². The Labute approximate surface area is 197 Å². The molecule has 0 spiro atoms. The predicted octanol–water partition coefficient (Wildman–Crippen LogP) is 3.91. The number of nitrogens with one attached hydrogen (secondary N) is 1. The minimum atomic E-state index is -0.570. The molecule has 1 unspecified atom stereocenters. The number of ether oxygens (including phenoxy) is 3. The molecule has 4 rings (SSSR count). The van der Waals surface area contributed by atoms with Crippen LogP contribution in [0.1, 0.15) is 16.8 Å². The Kier molecular flexibility index (Phi) is 6.77. The number of methoxy groups -OCH3 is 2. The molecule has 1 saturated heterocycles. The lowest BCUT2D eigenvalue weighted by Gasteiger charge is -2.17. The van der Waals surface area contributed by atoms with Crippen molar-refractivity contribution in [2.75, 3.05) is 31.0 Å². The second-order valence-corrected chi connectivity index (χ2v) is 7.70. The highest BCUT2D eigenvalue weighted by atomic mass is 16.5. The molecule has 0 aromatic heterocycles. The van der Waals surface area contributed by atoms with Crippen LogP contribution in [-0.2, 0) is 9.59 Å². The molecule has 0 bridgehead atoms. The van der Waals surface area contributed by atoms with Crippen molar-refractivity contribution in [2.24, 2.45) is 5.92 Å². The first kappa shape index (κ1) is 22.8. The number of hydrogen-bond acceptors (Lipinski definition) is 6. The summed E-state index contributed by atoms with van der Waals surface area (Å²) in [5.41, 5.74) is 1.65. The second-order valence-electron chi connectivity index (χ2n) is 7.70. The summed E-state index contributed by atoms with van der Waals surface area (Å²) in [7, 11) is 3.08. The van der Waals surface area contributed by atoms with E-state index in [0.29, 0.717) is 34.2 Å². The molecule has 3 aromatic carbocycles. The van der Waals surface area contributed by atoms with Gasteiger partial charge >= 0.3 is 5.97 Å². The summed E-state index contributed by atoms with van der Waals surface area (Å²) >= 11 is 0. The second kappa shape index (κ2) is 10.1. The van der Waals surface area contributed by atoms with Gasteiger partial charge in [0.2, 0.25) is 5.91 Å². The molecule has 0 radical (unpaired) electrons. The maximum Gasteiger partial charge on any atom is 0.316 e. The average Bonchev–Trinajstić information content (AvgIpc) is 3.27. The van der Waals surface area contributed by atoms with E-state index in [2.05, 4.69) is 5.32 Å². The van der Waals surface area contributed by atoms with Crippen molar-refractivity contribution in [1.82, 2.24) is 0 Å². The van der Waals surface area contributed by atoms with Crippen LogP contribution in [-0.4, -0.2) is 38.5 Å². The van der Waals surface area contributed by atoms with E-state index in [1.54, 1.807) is 84.8 Å². The Morgan fingerprint density at radius 2 is 1.56 bits per heavy atom. The van der Waals surface area contributed by atoms with E-state index in [0.717, 1.165) is 0 Å². The monoisotopic (exact) mass is 460 g/mol. The Balaban J connectivity index is 1.35. The van der Waals surface area contributed by atoms with Gasteiger partial charge in [0, 0.05) is 24.3 Å². The molecule has 2 amide bonds. The summed E-state index contributed by atoms with van der Waals surface area (Å²) in [4.78, 5) is 39.2. The Bertz CT molecular complexity index is 1190. The number of hydrogen-bond donors (Lipinski definition) is 1. The van der Waals surface area contributed by atoms with Gasteiger partial charge in [-0.15, -0.1) is 0 Å². The van der Waals surface area contributed by atoms with Crippen molar-refractivity contribution in [2.45, 2.75) is 6.42 Å². The van der Waals surface area contributed by atoms with Crippen LogP contribution in [0.3, 0.4) is 0 Å². The van der Waals surface area contributed by atoms with Crippen molar-refractivity contribution in [3.8, 4) is 17.2 Å². The number of amides is 2. The minimum absolute atomic E-state index is 0.0813. The number of rotatable bonds is 7. The average molecular weight is 460 g/mol. The summed E-state index contributed by atoms with van der Waals surface area (Å²) in [6.07, 6.45) is 0.0813. The summed E-state index contributed by atoms with van der Waals surface area (Å²) in [5.74, 6) is -0.00798. The zero-order valence-electron chi connectivity index (χ0n) is 18.8. The minimum Gasteiger partial charge on any atom is -0.497 e. The Hall–Kier alpha value is -4.33. The number of para-hydroxylation sites is 1. The van der Waals surface area contributed by atoms with Gasteiger partial charge in [0.25, 0.3) is 5.91 Å². The van der Waals surface area contributed by atoms with Crippen molar-refractivity contribution < 1.29 is 28.6 Å². The van der Waals surface area contributed by atoms with Crippen molar-refractivity contribution in [3.63, 3.8) is 0 Å². The van der Waals surface area contributed by atoms with Gasteiger partial charge in [-0.05, 0) is 60.7 Å². The SMILES string of the molecule is COc1ccc(N2CC(C(=O)Oc3ccc(NC(=O)c4ccccc4OC)cc3)CC2=O)cc1. The van der Waals surface area contributed by atoms with Crippen LogP contribution in [0.4, 0.5) is 11.4 Å². The molecular formula is C26H24N2O6. The zero-order chi connectivity index (χ0) is 24.1. The first-order valence-corrected chi connectivity index (χ1v) is 10.7. The first-order valence-electron chi connectivity index (χ1n) is 10.7. The van der Waals surface area contributed by atoms with Crippen LogP contribution >= 0.6 is 0 Å². The summed E-state index contributed by atoms with van der Waals surface area (Å²) < 4.78 is 15.8. The third-order valence-corrected chi connectivity index (χ3v) is 5.52. The lowest BCUT2D eigenvalue weighted by molar-refractivity contribution is -0.139. The van der Waals surface area contributed by atoms with E-state index in [-0.39, 0.29) is 24.8 Å². The third kappa shape index (κ3) is 5.01. The summed E-state index contributed by atoms with van der Waals surface area (Å²) in [6, 6.07) is 20.5. The zero-order valence-corrected chi connectivity index (χ0v) is 18.8. The van der Waals surface area contributed by atoms with Crippen molar-refractivity contribution in [1.29, 1.82) is 0 Å². The molecule has 1 heterocycles. The van der Waals surface area contributed by atoms with Crippen molar-refractivity contribution in [3.05, 3.63) is 78.4 Å². The van der Waals surface area contributed by atoms with E-state index in [9.17, 15) is 14.4 Å². The summed E-state index contributed by atoms with van der Waals surface area (Å²) in [5, 5.41) is 2.79. The van der Waals surface area contributed by atoms with Crippen LogP contribution < -0.4 is 24.4 Å². The van der Waals surface area contributed by atoms with Crippen LogP contribution in [0.5, 0.6) is 17.2 Å². The smallest absolute Gasteiger partial charge is 0.316 e. The molecule has 1 atom stereocenters.